The molecule has 5 heteroatoms. The summed E-state index contributed by atoms with van der Waals surface area (Å²) in [5.41, 5.74) is 1.35. The molecule has 114 valence electrons. The second-order valence-electron chi connectivity index (χ2n) is 4.84. The number of benzene rings is 2. The molecule has 22 heavy (non-hydrogen) atoms. The van der Waals surface area contributed by atoms with Crippen LogP contribution in [0, 0.1) is 0 Å². The fourth-order valence-corrected chi connectivity index (χ4v) is 2.58. The molecule has 2 unspecified atom stereocenters. The van der Waals surface area contributed by atoms with Crippen LogP contribution in [0.1, 0.15) is 23.1 Å². The lowest BCUT2D eigenvalue weighted by molar-refractivity contribution is -0.142. The van der Waals surface area contributed by atoms with E-state index in [9.17, 15) is 14.7 Å². The van der Waals surface area contributed by atoms with Gasteiger partial charge < -0.3 is 10.4 Å². The summed E-state index contributed by atoms with van der Waals surface area (Å²) in [4.78, 5) is 23.9. The summed E-state index contributed by atoms with van der Waals surface area (Å²) in [6, 6.07) is 16.8. The molecule has 0 spiro atoms. The van der Waals surface area contributed by atoms with Gasteiger partial charge in [-0.15, -0.1) is 0 Å². The second kappa shape index (κ2) is 7.66. The van der Waals surface area contributed by atoms with E-state index in [0.717, 1.165) is 5.56 Å². The first kappa shape index (κ1) is 16.1. The summed E-state index contributed by atoms with van der Waals surface area (Å²) in [5, 5.41) is 12.0. The second-order valence-corrected chi connectivity index (χ2v) is 5.20. The van der Waals surface area contributed by atoms with Crippen molar-refractivity contribution in [2.45, 2.75) is 12.0 Å². The average Bonchev–Trinajstić information content (AvgIpc) is 2.55. The van der Waals surface area contributed by atoms with Crippen LogP contribution in [-0.4, -0.2) is 22.7 Å². The van der Waals surface area contributed by atoms with E-state index in [1.54, 1.807) is 30.3 Å². The third-order valence-corrected chi connectivity index (χ3v) is 3.73. The van der Waals surface area contributed by atoms with Crippen molar-refractivity contribution >= 4 is 24.5 Å². The smallest absolute Gasteiger partial charge is 0.330 e. The van der Waals surface area contributed by atoms with Crippen LogP contribution in [0.5, 0.6) is 0 Å². The summed E-state index contributed by atoms with van der Waals surface area (Å²) in [7, 11) is 0. The Kier molecular flexibility index (Phi) is 5.61. The number of carbonyl (C=O) groups excluding carboxylic acids is 1. The summed E-state index contributed by atoms with van der Waals surface area (Å²) in [6.07, 6.45) is 0. The molecule has 0 aliphatic carbocycles. The first-order chi connectivity index (χ1) is 10.6. The largest absolute Gasteiger partial charge is 0.479 e. The zero-order valence-corrected chi connectivity index (χ0v) is 12.7. The molecule has 0 aliphatic rings. The van der Waals surface area contributed by atoms with E-state index in [1.807, 2.05) is 30.3 Å². The molecule has 0 saturated carbocycles. The van der Waals surface area contributed by atoms with E-state index in [-0.39, 0.29) is 5.91 Å². The molecule has 0 aliphatic heterocycles. The number of hydrogen-bond acceptors (Lipinski definition) is 3. The molecule has 4 nitrogen and oxygen atoms in total. The molecule has 0 aromatic heterocycles. The van der Waals surface area contributed by atoms with E-state index in [1.165, 1.54) is 0 Å². The van der Waals surface area contributed by atoms with Gasteiger partial charge in [-0.05, 0) is 11.1 Å². The molecule has 1 amide bonds. The van der Waals surface area contributed by atoms with Crippen molar-refractivity contribution in [3.8, 4) is 0 Å². The summed E-state index contributed by atoms with van der Waals surface area (Å²) in [5.74, 6) is -1.63. The zero-order valence-electron chi connectivity index (χ0n) is 11.8. The maximum absolute atomic E-state index is 12.4. The maximum Gasteiger partial charge on any atom is 0.330 e. The minimum Gasteiger partial charge on any atom is -0.479 e. The van der Waals surface area contributed by atoms with Crippen molar-refractivity contribution < 1.29 is 14.7 Å². The van der Waals surface area contributed by atoms with Gasteiger partial charge in [0.2, 0.25) is 5.91 Å². The van der Waals surface area contributed by atoms with Crippen molar-refractivity contribution in [2.75, 3.05) is 5.75 Å². The van der Waals surface area contributed by atoms with Crippen LogP contribution < -0.4 is 5.32 Å². The number of carboxylic acids is 1. The first-order valence-electron chi connectivity index (χ1n) is 6.87. The molecule has 2 aromatic carbocycles. The van der Waals surface area contributed by atoms with Gasteiger partial charge in [0.1, 0.15) is 0 Å². The van der Waals surface area contributed by atoms with Gasteiger partial charge >= 0.3 is 5.97 Å². The number of amides is 1. The molecule has 2 N–H and O–H groups in total. The number of carboxylic acid groups (broad SMARTS) is 1. The van der Waals surface area contributed by atoms with Crippen LogP contribution in [0.3, 0.4) is 0 Å². The number of aliphatic carboxylic acids is 1. The van der Waals surface area contributed by atoms with Gasteiger partial charge in [0.25, 0.3) is 0 Å². The van der Waals surface area contributed by atoms with Crippen LogP contribution in [0.4, 0.5) is 0 Å². The first-order valence-corrected chi connectivity index (χ1v) is 7.50. The van der Waals surface area contributed by atoms with Crippen LogP contribution in [0.25, 0.3) is 0 Å². The standard InChI is InChI=1S/C17H17NO3S/c19-16(14(11-22)12-7-3-1-4-8-12)18-15(17(20)21)13-9-5-2-6-10-13/h1-10,14-15,22H,11H2,(H,18,19)(H,20,21). The lowest BCUT2D eigenvalue weighted by Crippen LogP contribution is -2.37. The highest BCUT2D eigenvalue weighted by Crippen LogP contribution is 2.20. The Balaban J connectivity index is 2.19. The van der Waals surface area contributed by atoms with Gasteiger partial charge in [-0.1, -0.05) is 60.7 Å². The van der Waals surface area contributed by atoms with E-state index >= 15 is 0 Å². The van der Waals surface area contributed by atoms with E-state index in [0.29, 0.717) is 11.3 Å². The van der Waals surface area contributed by atoms with Crippen molar-refractivity contribution in [1.82, 2.24) is 5.32 Å². The molecule has 2 rings (SSSR count). The Morgan fingerprint density at radius 1 is 0.955 bits per heavy atom. The monoisotopic (exact) mass is 315 g/mol. The van der Waals surface area contributed by atoms with E-state index in [4.69, 9.17) is 0 Å². The number of rotatable bonds is 6. The predicted molar refractivity (Wildman–Crippen MR) is 88.0 cm³/mol. The molecule has 2 aromatic rings. The normalized spacial score (nSPS) is 13.1. The van der Waals surface area contributed by atoms with Crippen molar-refractivity contribution in [1.29, 1.82) is 0 Å². The zero-order chi connectivity index (χ0) is 15.9. The number of thiol groups is 1. The minimum absolute atomic E-state index is 0.303. The third kappa shape index (κ3) is 3.89. The number of carbonyl (C=O) groups is 2. The highest BCUT2D eigenvalue weighted by atomic mass is 32.1. The quantitative estimate of drug-likeness (QED) is 0.718. The highest BCUT2D eigenvalue weighted by Gasteiger charge is 2.26. The Bertz CT molecular complexity index is 631. The average molecular weight is 315 g/mol. The molecule has 0 radical (unpaired) electrons. The molecule has 0 fully saturated rings. The Morgan fingerprint density at radius 2 is 1.45 bits per heavy atom. The lowest BCUT2D eigenvalue weighted by Gasteiger charge is -2.19. The van der Waals surface area contributed by atoms with E-state index < -0.39 is 17.9 Å². The molecular weight excluding hydrogens is 298 g/mol. The van der Waals surface area contributed by atoms with Gasteiger partial charge in [0.15, 0.2) is 6.04 Å². The summed E-state index contributed by atoms with van der Waals surface area (Å²) in [6.45, 7) is 0. The molecule has 0 heterocycles. The lowest BCUT2D eigenvalue weighted by atomic mass is 9.99. The van der Waals surface area contributed by atoms with E-state index in [2.05, 4.69) is 17.9 Å². The van der Waals surface area contributed by atoms with Gasteiger partial charge in [-0.3, -0.25) is 4.79 Å². The molecule has 2 atom stereocenters. The summed E-state index contributed by atoms with van der Waals surface area (Å²) >= 11 is 4.22. The summed E-state index contributed by atoms with van der Waals surface area (Å²) < 4.78 is 0. The van der Waals surface area contributed by atoms with Crippen LogP contribution in [-0.2, 0) is 9.59 Å². The van der Waals surface area contributed by atoms with Crippen molar-refractivity contribution in [3.05, 3.63) is 71.8 Å². The van der Waals surface area contributed by atoms with Gasteiger partial charge in [-0.2, -0.15) is 12.6 Å². The van der Waals surface area contributed by atoms with Crippen LogP contribution in [0.15, 0.2) is 60.7 Å². The fraction of sp³-hybridized carbons (Fsp3) is 0.176. The van der Waals surface area contributed by atoms with Crippen LogP contribution >= 0.6 is 12.6 Å². The van der Waals surface area contributed by atoms with Crippen molar-refractivity contribution in [2.24, 2.45) is 0 Å². The third-order valence-electron chi connectivity index (χ3n) is 3.37. The molecule has 0 saturated heterocycles. The topological polar surface area (TPSA) is 66.4 Å². The van der Waals surface area contributed by atoms with Gasteiger partial charge in [-0.25, -0.2) is 4.79 Å². The molecular formula is C17H17NO3S. The minimum atomic E-state index is -1.09. The fourth-order valence-electron chi connectivity index (χ4n) is 2.20. The SMILES string of the molecule is O=C(NC(C(=O)O)c1ccccc1)C(CS)c1ccccc1. The maximum atomic E-state index is 12.4. The van der Waals surface area contributed by atoms with Gasteiger partial charge in [0, 0.05) is 5.75 Å². The number of hydrogen-bond donors (Lipinski definition) is 3. The highest BCUT2D eigenvalue weighted by molar-refractivity contribution is 7.80. The Labute approximate surface area is 134 Å². The van der Waals surface area contributed by atoms with Crippen LogP contribution in [0.2, 0.25) is 0 Å². The Morgan fingerprint density at radius 3 is 1.91 bits per heavy atom. The molecule has 0 bridgehead atoms. The Hall–Kier alpha value is -2.27. The van der Waals surface area contributed by atoms with Gasteiger partial charge in [0.05, 0.1) is 5.92 Å². The number of nitrogens with one attached hydrogen (secondary N) is 1. The predicted octanol–water partition coefficient (Wildman–Crippen LogP) is 2.64. The van der Waals surface area contributed by atoms with Crippen molar-refractivity contribution in [3.63, 3.8) is 0 Å².